The van der Waals surface area contributed by atoms with Crippen LogP contribution in [0.15, 0.2) is 18.2 Å². The Bertz CT molecular complexity index is 479. The Morgan fingerprint density at radius 2 is 2.35 bits per heavy atom. The summed E-state index contributed by atoms with van der Waals surface area (Å²) < 4.78 is 5.54. The molecule has 5 heteroatoms. The second-order valence-corrected chi connectivity index (χ2v) is 5.70. The molecule has 2 rings (SSSR count). The maximum absolute atomic E-state index is 11.9. The molecule has 0 radical (unpaired) electrons. The molecule has 0 aromatic heterocycles. The average molecular weight is 297 g/mol. The standard InChI is InChI=1S/C15H21ClN2O2/c1-10-8-17-7-6-13(10)18-15(19)9-20-14-5-3-4-12(16)11(14)2/h3-5,10,13,17H,6-9H2,1-2H3,(H,18,19). The van der Waals surface area contributed by atoms with Crippen LogP contribution in [0.3, 0.4) is 0 Å². The number of nitrogens with one attached hydrogen (secondary N) is 2. The van der Waals surface area contributed by atoms with Gasteiger partial charge in [0.15, 0.2) is 6.61 Å². The maximum Gasteiger partial charge on any atom is 0.258 e. The van der Waals surface area contributed by atoms with E-state index in [1.807, 2.05) is 19.1 Å². The molecule has 1 aromatic rings. The van der Waals surface area contributed by atoms with E-state index in [9.17, 15) is 4.79 Å². The van der Waals surface area contributed by atoms with E-state index < -0.39 is 0 Å². The van der Waals surface area contributed by atoms with Gasteiger partial charge in [-0.3, -0.25) is 4.79 Å². The summed E-state index contributed by atoms with van der Waals surface area (Å²) in [5, 5.41) is 7.00. The lowest BCUT2D eigenvalue weighted by atomic mass is 9.95. The number of carbonyl (C=O) groups is 1. The van der Waals surface area contributed by atoms with Gasteiger partial charge in [-0.05, 0) is 44.5 Å². The van der Waals surface area contributed by atoms with Gasteiger partial charge in [0.2, 0.25) is 0 Å². The van der Waals surface area contributed by atoms with E-state index in [0.717, 1.165) is 25.1 Å². The molecule has 1 saturated heterocycles. The Balaban J connectivity index is 1.84. The molecule has 0 bridgehead atoms. The predicted octanol–water partition coefficient (Wildman–Crippen LogP) is 2.14. The van der Waals surface area contributed by atoms with Gasteiger partial charge < -0.3 is 15.4 Å². The van der Waals surface area contributed by atoms with Crippen LogP contribution in [-0.2, 0) is 4.79 Å². The summed E-state index contributed by atoms with van der Waals surface area (Å²) in [5.41, 5.74) is 0.859. The van der Waals surface area contributed by atoms with E-state index in [2.05, 4.69) is 17.6 Å². The Hall–Kier alpha value is -1.26. The Labute approximate surface area is 124 Å². The fourth-order valence-electron chi connectivity index (χ4n) is 2.36. The lowest BCUT2D eigenvalue weighted by Crippen LogP contribution is -2.49. The van der Waals surface area contributed by atoms with Crippen LogP contribution in [0.1, 0.15) is 18.9 Å². The molecule has 2 N–H and O–H groups in total. The van der Waals surface area contributed by atoms with E-state index in [1.54, 1.807) is 6.07 Å². The molecule has 0 saturated carbocycles. The molecule has 1 aromatic carbocycles. The van der Waals surface area contributed by atoms with Crippen molar-refractivity contribution in [3.8, 4) is 5.75 Å². The number of piperidine rings is 1. The van der Waals surface area contributed by atoms with Crippen LogP contribution in [-0.4, -0.2) is 31.6 Å². The number of hydrogen-bond acceptors (Lipinski definition) is 3. The minimum absolute atomic E-state index is 0.0256. The van der Waals surface area contributed by atoms with Crippen molar-refractivity contribution < 1.29 is 9.53 Å². The zero-order valence-corrected chi connectivity index (χ0v) is 12.7. The van der Waals surface area contributed by atoms with Crippen LogP contribution >= 0.6 is 11.6 Å². The largest absolute Gasteiger partial charge is 0.483 e. The van der Waals surface area contributed by atoms with Gasteiger partial charge in [0.1, 0.15) is 5.75 Å². The highest BCUT2D eigenvalue weighted by molar-refractivity contribution is 6.31. The number of hydrogen-bond donors (Lipinski definition) is 2. The average Bonchev–Trinajstić information content (AvgIpc) is 2.43. The Kier molecular flexibility index (Phi) is 5.26. The van der Waals surface area contributed by atoms with Gasteiger partial charge in [-0.2, -0.15) is 0 Å². The predicted molar refractivity (Wildman–Crippen MR) is 80.3 cm³/mol. The van der Waals surface area contributed by atoms with E-state index in [4.69, 9.17) is 16.3 Å². The van der Waals surface area contributed by atoms with Crippen molar-refractivity contribution in [3.63, 3.8) is 0 Å². The molecule has 20 heavy (non-hydrogen) atoms. The second kappa shape index (κ2) is 6.95. The van der Waals surface area contributed by atoms with Gasteiger partial charge >= 0.3 is 0 Å². The maximum atomic E-state index is 11.9. The van der Waals surface area contributed by atoms with E-state index in [0.29, 0.717) is 16.7 Å². The molecule has 110 valence electrons. The van der Waals surface area contributed by atoms with Crippen LogP contribution in [0.4, 0.5) is 0 Å². The summed E-state index contributed by atoms with van der Waals surface area (Å²) in [4.78, 5) is 11.9. The summed E-state index contributed by atoms with van der Waals surface area (Å²) in [7, 11) is 0. The molecule has 0 spiro atoms. The van der Waals surface area contributed by atoms with Crippen LogP contribution in [0.25, 0.3) is 0 Å². The zero-order valence-electron chi connectivity index (χ0n) is 11.9. The van der Waals surface area contributed by atoms with Crippen molar-refractivity contribution in [2.24, 2.45) is 5.92 Å². The number of rotatable bonds is 4. The lowest BCUT2D eigenvalue weighted by Gasteiger charge is -2.30. The van der Waals surface area contributed by atoms with Gasteiger partial charge in [0.25, 0.3) is 5.91 Å². The summed E-state index contributed by atoms with van der Waals surface area (Å²) in [6.07, 6.45) is 0.961. The first-order valence-corrected chi connectivity index (χ1v) is 7.33. The highest BCUT2D eigenvalue weighted by atomic mass is 35.5. The molecule has 4 nitrogen and oxygen atoms in total. The topological polar surface area (TPSA) is 50.4 Å². The van der Waals surface area contributed by atoms with Crippen molar-refractivity contribution in [2.45, 2.75) is 26.3 Å². The van der Waals surface area contributed by atoms with Crippen molar-refractivity contribution in [3.05, 3.63) is 28.8 Å². The van der Waals surface area contributed by atoms with Crippen molar-refractivity contribution >= 4 is 17.5 Å². The van der Waals surface area contributed by atoms with Crippen LogP contribution < -0.4 is 15.4 Å². The molecule has 1 heterocycles. The summed E-state index contributed by atoms with van der Waals surface area (Å²) in [6.45, 7) is 5.93. The number of carbonyl (C=O) groups excluding carboxylic acids is 1. The SMILES string of the molecule is Cc1c(Cl)cccc1OCC(=O)NC1CCNCC1C. The monoisotopic (exact) mass is 296 g/mol. The van der Waals surface area contributed by atoms with Crippen LogP contribution in [0.5, 0.6) is 5.75 Å². The smallest absolute Gasteiger partial charge is 0.258 e. The molecular formula is C15H21ClN2O2. The molecule has 1 aliphatic rings. The van der Waals surface area contributed by atoms with E-state index >= 15 is 0 Å². The third-order valence-corrected chi connectivity index (χ3v) is 4.12. The Morgan fingerprint density at radius 1 is 1.55 bits per heavy atom. The Morgan fingerprint density at radius 3 is 3.10 bits per heavy atom. The van der Waals surface area contributed by atoms with Crippen LogP contribution in [0.2, 0.25) is 5.02 Å². The molecule has 2 unspecified atom stereocenters. The quantitative estimate of drug-likeness (QED) is 0.895. The van der Waals surface area contributed by atoms with E-state index in [-0.39, 0.29) is 18.6 Å². The van der Waals surface area contributed by atoms with Crippen molar-refractivity contribution in [2.75, 3.05) is 19.7 Å². The molecular weight excluding hydrogens is 276 g/mol. The normalized spacial score (nSPS) is 22.4. The first kappa shape index (κ1) is 15.1. The second-order valence-electron chi connectivity index (χ2n) is 5.30. The fourth-order valence-corrected chi connectivity index (χ4v) is 2.53. The van der Waals surface area contributed by atoms with Gasteiger partial charge in [0.05, 0.1) is 0 Å². The molecule has 1 amide bonds. The van der Waals surface area contributed by atoms with Gasteiger partial charge in [-0.25, -0.2) is 0 Å². The first-order chi connectivity index (χ1) is 9.58. The van der Waals surface area contributed by atoms with Crippen molar-refractivity contribution in [1.29, 1.82) is 0 Å². The fraction of sp³-hybridized carbons (Fsp3) is 0.533. The van der Waals surface area contributed by atoms with Gasteiger partial charge in [-0.15, -0.1) is 0 Å². The third kappa shape index (κ3) is 3.87. The summed E-state index contributed by atoms with van der Waals surface area (Å²) in [5.74, 6) is 1.02. The summed E-state index contributed by atoms with van der Waals surface area (Å²) in [6, 6.07) is 5.67. The highest BCUT2D eigenvalue weighted by Crippen LogP contribution is 2.24. The van der Waals surface area contributed by atoms with Gasteiger partial charge in [-0.1, -0.05) is 24.6 Å². The summed E-state index contributed by atoms with van der Waals surface area (Å²) >= 11 is 6.02. The van der Waals surface area contributed by atoms with Crippen LogP contribution in [0, 0.1) is 12.8 Å². The minimum atomic E-state index is -0.0804. The third-order valence-electron chi connectivity index (χ3n) is 3.71. The molecule has 1 aliphatic heterocycles. The number of halogens is 1. The number of benzene rings is 1. The van der Waals surface area contributed by atoms with Gasteiger partial charge in [0, 0.05) is 16.6 Å². The minimum Gasteiger partial charge on any atom is -0.483 e. The molecule has 0 aliphatic carbocycles. The van der Waals surface area contributed by atoms with E-state index in [1.165, 1.54) is 0 Å². The van der Waals surface area contributed by atoms with Crippen molar-refractivity contribution in [1.82, 2.24) is 10.6 Å². The zero-order chi connectivity index (χ0) is 14.5. The molecule has 2 atom stereocenters. The highest BCUT2D eigenvalue weighted by Gasteiger charge is 2.22. The lowest BCUT2D eigenvalue weighted by molar-refractivity contribution is -0.124. The number of amides is 1. The first-order valence-electron chi connectivity index (χ1n) is 6.96. The molecule has 1 fully saturated rings. The number of ether oxygens (including phenoxy) is 1.